The van der Waals surface area contributed by atoms with Crippen LogP contribution < -0.4 is 0 Å². The minimum atomic E-state index is 0.0108. The van der Waals surface area contributed by atoms with Crippen molar-refractivity contribution in [3.63, 3.8) is 0 Å². The van der Waals surface area contributed by atoms with Crippen molar-refractivity contribution in [3.05, 3.63) is 64.2 Å². The Balaban J connectivity index is 1.36. The molecule has 0 atom stereocenters. The number of piperazine rings is 1. The minimum absolute atomic E-state index is 0.0108. The lowest BCUT2D eigenvalue weighted by Gasteiger charge is -2.34. The Hall–Kier alpha value is -3.04. The molecule has 0 bridgehead atoms. The molecule has 0 unspecified atom stereocenters. The van der Waals surface area contributed by atoms with E-state index in [1.807, 2.05) is 53.3 Å². The van der Waals surface area contributed by atoms with Gasteiger partial charge in [0.2, 0.25) is 5.91 Å². The molecule has 0 aliphatic carbocycles. The standard InChI is InChI=1S/C21H25ClN8O/c1-16-24-26-30(25-16)15-19-11-20(22)5-3-18(19)4-6-21(31)29-9-7-28(8-10-29)14-17-12-23-27(2)13-17/h3-6,11-13H,7-10,14-15H2,1-2H3. The van der Waals surface area contributed by atoms with Gasteiger partial charge in [0, 0.05) is 62.6 Å². The van der Waals surface area contributed by atoms with Gasteiger partial charge in [0.15, 0.2) is 5.82 Å². The normalized spacial score (nSPS) is 15.1. The van der Waals surface area contributed by atoms with Gasteiger partial charge in [-0.15, -0.1) is 10.2 Å². The van der Waals surface area contributed by atoms with E-state index in [0.717, 1.165) is 30.8 Å². The Bertz CT molecular complexity index is 1080. The van der Waals surface area contributed by atoms with E-state index in [4.69, 9.17) is 11.6 Å². The summed E-state index contributed by atoms with van der Waals surface area (Å²) in [5.41, 5.74) is 3.02. The third-order valence-electron chi connectivity index (χ3n) is 5.22. The first-order chi connectivity index (χ1) is 15.0. The number of amides is 1. The van der Waals surface area contributed by atoms with Crippen molar-refractivity contribution in [3.8, 4) is 0 Å². The van der Waals surface area contributed by atoms with Gasteiger partial charge in [-0.2, -0.15) is 9.90 Å². The van der Waals surface area contributed by atoms with Crippen molar-refractivity contribution in [2.75, 3.05) is 26.2 Å². The van der Waals surface area contributed by atoms with Crippen LogP contribution in [0.4, 0.5) is 0 Å². The number of hydrogen-bond donors (Lipinski definition) is 0. The van der Waals surface area contributed by atoms with Crippen LogP contribution in [-0.4, -0.2) is 71.9 Å². The van der Waals surface area contributed by atoms with Crippen LogP contribution in [0.1, 0.15) is 22.5 Å². The summed E-state index contributed by atoms with van der Waals surface area (Å²) in [6.45, 7) is 6.18. The van der Waals surface area contributed by atoms with Gasteiger partial charge in [0.25, 0.3) is 0 Å². The number of nitrogens with zero attached hydrogens (tertiary/aromatic N) is 8. The van der Waals surface area contributed by atoms with Crippen LogP contribution in [0.5, 0.6) is 0 Å². The summed E-state index contributed by atoms with van der Waals surface area (Å²) in [5.74, 6) is 0.619. The fraction of sp³-hybridized carbons (Fsp3) is 0.381. The molecule has 4 rings (SSSR count). The predicted molar refractivity (Wildman–Crippen MR) is 117 cm³/mol. The van der Waals surface area contributed by atoms with Gasteiger partial charge in [-0.3, -0.25) is 14.4 Å². The minimum Gasteiger partial charge on any atom is -0.337 e. The molecule has 31 heavy (non-hydrogen) atoms. The van der Waals surface area contributed by atoms with E-state index >= 15 is 0 Å². The molecular formula is C21H25ClN8O. The Kier molecular flexibility index (Phi) is 6.43. The average Bonchev–Trinajstić information content (AvgIpc) is 3.35. The number of benzene rings is 1. The maximum atomic E-state index is 12.7. The van der Waals surface area contributed by atoms with Gasteiger partial charge in [0.05, 0.1) is 12.7 Å². The summed E-state index contributed by atoms with van der Waals surface area (Å²) in [6.07, 6.45) is 7.38. The highest BCUT2D eigenvalue weighted by Gasteiger charge is 2.20. The molecule has 1 amide bonds. The van der Waals surface area contributed by atoms with Crippen LogP contribution in [0.2, 0.25) is 5.02 Å². The van der Waals surface area contributed by atoms with E-state index in [1.54, 1.807) is 13.0 Å². The van der Waals surface area contributed by atoms with Crippen molar-refractivity contribution < 1.29 is 4.79 Å². The summed E-state index contributed by atoms with van der Waals surface area (Å²) in [4.78, 5) is 18.5. The van der Waals surface area contributed by atoms with E-state index in [-0.39, 0.29) is 5.91 Å². The number of tetrazole rings is 1. The van der Waals surface area contributed by atoms with Gasteiger partial charge in [-0.05, 0) is 41.5 Å². The molecule has 1 fully saturated rings. The molecule has 1 aliphatic rings. The van der Waals surface area contributed by atoms with E-state index in [9.17, 15) is 4.79 Å². The fourth-order valence-corrected chi connectivity index (χ4v) is 3.82. The quantitative estimate of drug-likeness (QED) is 0.543. The van der Waals surface area contributed by atoms with Gasteiger partial charge in [-0.1, -0.05) is 17.7 Å². The zero-order chi connectivity index (χ0) is 21.8. The zero-order valence-corrected chi connectivity index (χ0v) is 18.4. The van der Waals surface area contributed by atoms with Crippen LogP contribution in [0.3, 0.4) is 0 Å². The first-order valence-corrected chi connectivity index (χ1v) is 10.5. The van der Waals surface area contributed by atoms with E-state index in [2.05, 4.69) is 25.4 Å². The maximum absolute atomic E-state index is 12.7. The Labute approximate surface area is 185 Å². The summed E-state index contributed by atoms with van der Waals surface area (Å²) in [7, 11) is 1.92. The van der Waals surface area contributed by atoms with Crippen molar-refractivity contribution in [1.82, 2.24) is 39.8 Å². The van der Waals surface area contributed by atoms with Crippen molar-refractivity contribution >= 4 is 23.6 Å². The number of carbonyl (C=O) groups is 1. The van der Waals surface area contributed by atoms with E-state index in [1.165, 1.54) is 10.4 Å². The number of halogens is 1. The monoisotopic (exact) mass is 440 g/mol. The van der Waals surface area contributed by atoms with Crippen molar-refractivity contribution in [1.29, 1.82) is 0 Å². The first-order valence-electron chi connectivity index (χ1n) is 10.2. The molecule has 1 aromatic carbocycles. The Morgan fingerprint density at radius 3 is 2.68 bits per heavy atom. The smallest absolute Gasteiger partial charge is 0.246 e. The third-order valence-corrected chi connectivity index (χ3v) is 5.46. The molecule has 3 aromatic rings. The van der Waals surface area contributed by atoms with Crippen LogP contribution in [-0.2, 0) is 24.9 Å². The van der Waals surface area contributed by atoms with Crippen molar-refractivity contribution in [2.24, 2.45) is 7.05 Å². The SMILES string of the molecule is Cc1nnn(Cc2cc(Cl)ccc2C=CC(=O)N2CCN(Cc3cnn(C)c3)CC2)n1. The van der Waals surface area contributed by atoms with Gasteiger partial charge < -0.3 is 4.90 Å². The highest BCUT2D eigenvalue weighted by atomic mass is 35.5. The number of carbonyl (C=O) groups excluding carboxylic acids is 1. The van der Waals surface area contributed by atoms with E-state index in [0.29, 0.717) is 30.5 Å². The predicted octanol–water partition coefficient (Wildman–Crippen LogP) is 1.77. The van der Waals surface area contributed by atoms with Crippen LogP contribution in [0.25, 0.3) is 6.08 Å². The molecule has 162 valence electrons. The molecule has 2 aromatic heterocycles. The molecule has 10 heteroatoms. The summed E-state index contributed by atoms with van der Waals surface area (Å²) in [6, 6.07) is 5.57. The molecule has 0 saturated carbocycles. The van der Waals surface area contributed by atoms with Crippen LogP contribution in [0, 0.1) is 6.92 Å². The first kappa shape index (κ1) is 21.2. The second kappa shape index (κ2) is 9.40. The second-order valence-corrected chi connectivity index (χ2v) is 8.10. The van der Waals surface area contributed by atoms with Gasteiger partial charge in [-0.25, -0.2) is 0 Å². The number of hydrogen-bond acceptors (Lipinski definition) is 6. The Morgan fingerprint density at radius 2 is 2.00 bits per heavy atom. The largest absolute Gasteiger partial charge is 0.337 e. The molecule has 0 radical (unpaired) electrons. The third kappa shape index (κ3) is 5.56. The highest BCUT2D eigenvalue weighted by molar-refractivity contribution is 6.30. The molecule has 9 nitrogen and oxygen atoms in total. The molecule has 0 N–H and O–H groups in total. The maximum Gasteiger partial charge on any atom is 0.246 e. The fourth-order valence-electron chi connectivity index (χ4n) is 3.62. The van der Waals surface area contributed by atoms with Gasteiger partial charge >= 0.3 is 0 Å². The lowest BCUT2D eigenvalue weighted by atomic mass is 10.1. The Morgan fingerprint density at radius 1 is 1.19 bits per heavy atom. The second-order valence-electron chi connectivity index (χ2n) is 7.67. The zero-order valence-electron chi connectivity index (χ0n) is 17.6. The van der Waals surface area contributed by atoms with Crippen molar-refractivity contribution in [2.45, 2.75) is 20.0 Å². The summed E-state index contributed by atoms with van der Waals surface area (Å²) >= 11 is 6.17. The molecular weight excluding hydrogens is 416 g/mol. The van der Waals surface area contributed by atoms with Gasteiger partial charge in [0.1, 0.15) is 0 Å². The molecule has 3 heterocycles. The molecule has 1 aliphatic heterocycles. The average molecular weight is 441 g/mol. The lowest BCUT2D eigenvalue weighted by molar-refractivity contribution is -0.127. The highest BCUT2D eigenvalue weighted by Crippen LogP contribution is 2.19. The van der Waals surface area contributed by atoms with Crippen LogP contribution >= 0.6 is 11.6 Å². The number of rotatable bonds is 6. The lowest BCUT2D eigenvalue weighted by Crippen LogP contribution is -2.47. The molecule has 1 saturated heterocycles. The molecule has 0 spiro atoms. The summed E-state index contributed by atoms with van der Waals surface area (Å²) < 4.78 is 1.81. The topological polar surface area (TPSA) is 85.0 Å². The number of aryl methyl sites for hydroxylation is 2. The van der Waals surface area contributed by atoms with Crippen LogP contribution in [0.15, 0.2) is 36.7 Å². The van der Waals surface area contributed by atoms with E-state index < -0.39 is 0 Å². The number of aromatic nitrogens is 6. The summed E-state index contributed by atoms with van der Waals surface area (Å²) in [5, 5.41) is 17.0.